The minimum Gasteiger partial charge on any atom is -0.343 e. The molecule has 0 saturated heterocycles. The lowest BCUT2D eigenvalue weighted by Crippen LogP contribution is -2.46. The maximum Gasteiger partial charge on any atom is 0.264 e. The zero-order valence-electron chi connectivity index (χ0n) is 22.6. The fraction of sp³-hybridized carbons (Fsp3) is 0.200. The monoisotopic (exact) mass is 593 g/mol. The number of nitrogens with zero attached hydrogens (tertiary/aromatic N) is 1. The predicted octanol–water partition coefficient (Wildman–Crippen LogP) is 4.17. The molecule has 0 aliphatic heterocycles. The van der Waals surface area contributed by atoms with Gasteiger partial charge in [0, 0.05) is 18.8 Å². The van der Waals surface area contributed by atoms with E-state index >= 15 is 0 Å². The van der Waals surface area contributed by atoms with Crippen LogP contribution in [-0.2, 0) is 36.1 Å². The summed E-state index contributed by atoms with van der Waals surface area (Å²) in [6.07, 6.45) is -0.0832. The molecule has 0 aromatic heterocycles. The number of hydrogen-bond acceptors (Lipinski definition) is 6. The van der Waals surface area contributed by atoms with Crippen molar-refractivity contribution < 1.29 is 26.4 Å². The molecule has 0 aliphatic carbocycles. The highest BCUT2D eigenvalue weighted by molar-refractivity contribution is 7.92. The van der Waals surface area contributed by atoms with E-state index in [1.165, 1.54) is 41.3 Å². The third-order valence-corrected chi connectivity index (χ3v) is 9.40. The van der Waals surface area contributed by atoms with E-state index in [-0.39, 0.29) is 16.2 Å². The van der Waals surface area contributed by atoms with E-state index in [1.54, 1.807) is 62.4 Å². The fourth-order valence-electron chi connectivity index (χ4n) is 4.40. The molecule has 0 spiro atoms. The average molecular weight is 594 g/mol. The second kappa shape index (κ2) is 12.5. The second-order valence-electron chi connectivity index (χ2n) is 9.36. The number of rotatable bonds is 11. The Labute approximate surface area is 240 Å². The summed E-state index contributed by atoms with van der Waals surface area (Å²) in [5.74, 6) is -2.77. The van der Waals surface area contributed by atoms with Crippen LogP contribution in [0.1, 0.15) is 19.4 Å². The molecular weight excluding hydrogens is 562 g/mol. The Morgan fingerprint density at radius 2 is 1.32 bits per heavy atom. The van der Waals surface area contributed by atoms with Crippen molar-refractivity contribution in [2.45, 2.75) is 30.1 Å². The molecule has 4 rings (SSSR count). The molecule has 2 amide bonds. The number of fused-ring (bicyclic) bond motifs is 1. The van der Waals surface area contributed by atoms with Crippen molar-refractivity contribution >= 4 is 48.3 Å². The number of sulfonamides is 2. The molecule has 41 heavy (non-hydrogen) atoms. The van der Waals surface area contributed by atoms with Gasteiger partial charge in [0.15, 0.2) is 0 Å². The molecule has 9 nitrogen and oxygen atoms in total. The smallest absolute Gasteiger partial charge is 0.264 e. The number of hydrogen-bond donors (Lipinski definition) is 2. The third kappa shape index (κ3) is 7.11. The van der Waals surface area contributed by atoms with Gasteiger partial charge in [-0.3, -0.25) is 14.3 Å². The number of nitrogens with one attached hydrogen (secondary N) is 2. The lowest BCUT2D eigenvalue weighted by molar-refractivity contribution is -0.141. The van der Waals surface area contributed by atoms with Crippen LogP contribution < -0.4 is 9.44 Å². The van der Waals surface area contributed by atoms with E-state index in [2.05, 4.69) is 9.44 Å². The van der Waals surface area contributed by atoms with Gasteiger partial charge in [0.05, 0.1) is 9.79 Å². The normalized spacial score (nSPS) is 12.4. The highest BCUT2D eigenvalue weighted by Gasteiger charge is 2.33. The van der Waals surface area contributed by atoms with Gasteiger partial charge in [-0.05, 0) is 73.0 Å². The predicted molar refractivity (Wildman–Crippen MR) is 158 cm³/mol. The molecule has 0 aliphatic rings. The quantitative estimate of drug-likeness (QED) is 0.251. The largest absolute Gasteiger partial charge is 0.343 e. The summed E-state index contributed by atoms with van der Waals surface area (Å²) in [5, 5.41) is 1.54. The first kappa shape index (κ1) is 29.8. The molecule has 4 aromatic rings. The van der Waals surface area contributed by atoms with Crippen molar-refractivity contribution in [3.63, 3.8) is 0 Å². The molecule has 0 radical (unpaired) electrons. The van der Waals surface area contributed by atoms with E-state index in [0.29, 0.717) is 29.7 Å². The van der Waals surface area contributed by atoms with Crippen LogP contribution in [0.15, 0.2) is 107 Å². The Kier molecular flexibility index (Phi) is 9.09. The maximum absolute atomic E-state index is 13.4. The van der Waals surface area contributed by atoms with Gasteiger partial charge in [0.2, 0.25) is 11.8 Å². The van der Waals surface area contributed by atoms with Gasteiger partial charge < -0.3 is 4.90 Å². The van der Waals surface area contributed by atoms with Gasteiger partial charge in [-0.1, -0.05) is 60.7 Å². The average Bonchev–Trinajstić information content (AvgIpc) is 2.97. The Hall–Kier alpha value is -4.22. The lowest BCUT2D eigenvalue weighted by atomic mass is 9.97. The highest BCUT2D eigenvalue weighted by Crippen LogP contribution is 2.22. The highest BCUT2D eigenvalue weighted by atomic mass is 32.2. The molecule has 2 N–H and O–H groups in total. The van der Waals surface area contributed by atoms with Gasteiger partial charge >= 0.3 is 0 Å². The summed E-state index contributed by atoms with van der Waals surface area (Å²) in [6.45, 7) is 4.24. The number of anilines is 1. The van der Waals surface area contributed by atoms with Gasteiger partial charge in [-0.25, -0.2) is 21.6 Å². The maximum atomic E-state index is 13.4. The Bertz CT molecular complexity index is 1750. The SMILES string of the molecule is CCN(CC)C(=O)C(Cc1ccc(NS(=O)(=O)c2ccccc2)cc1)C(=O)NS(=O)(=O)c1ccc2ccccc2c1. The summed E-state index contributed by atoms with van der Waals surface area (Å²) in [5.41, 5.74) is 0.851. The summed E-state index contributed by atoms with van der Waals surface area (Å²) < 4.78 is 56.2. The Balaban J connectivity index is 1.55. The third-order valence-electron chi connectivity index (χ3n) is 6.66. The molecular formula is C30H31N3O6S2. The topological polar surface area (TPSA) is 130 Å². The van der Waals surface area contributed by atoms with Crippen molar-refractivity contribution in [3.8, 4) is 0 Å². The summed E-state index contributed by atoms with van der Waals surface area (Å²) in [4.78, 5) is 28.2. The van der Waals surface area contributed by atoms with Crippen LogP contribution in [0.3, 0.4) is 0 Å². The van der Waals surface area contributed by atoms with Crippen LogP contribution in [0.4, 0.5) is 5.69 Å². The van der Waals surface area contributed by atoms with E-state index in [4.69, 9.17) is 0 Å². The van der Waals surface area contributed by atoms with Crippen LogP contribution in [0.2, 0.25) is 0 Å². The number of benzene rings is 4. The van der Waals surface area contributed by atoms with Crippen LogP contribution in [0.5, 0.6) is 0 Å². The van der Waals surface area contributed by atoms with E-state index in [1.807, 2.05) is 12.1 Å². The second-order valence-corrected chi connectivity index (χ2v) is 12.7. The minimum absolute atomic E-state index is 0.0832. The molecule has 4 aromatic carbocycles. The van der Waals surface area contributed by atoms with Crippen LogP contribution in [0, 0.1) is 5.92 Å². The van der Waals surface area contributed by atoms with Crippen LogP contribution in [0.25, 0.3) is 10.8 Å². The van der Waals surface area contributed by atoms with Gasteiger partial charge in [0.1, 0.15) is 5.92 Å². The molecule has 1 atom stereocenters. The molecule has 11 heteroatoms. The van der Waals surface area contributed by atoms with E-state index in [0.717, 1.165) is 5.39 Å². The first-order chi connectivity index (χ1) is 19.5. The number of carbonyl (C=O) groups is 2. The molecule has 0 fully saturated rings. The Morgan fingerprint density at radius 1 is 0.707 bits per heavy atom. The standard InChI is InChI=1S/C30H31N3O6S2/c1-3-33(4-2)30(35)28(29(34)32-41(38,39)27-19-16-23-10-8-9-11-24(23)21-27)20-22-14-17-25(18-15-22)31-40(36,37)26-12-6-5-7-13-26/h5-19,21,28,31H,3-4,20H2,1-2H3,(H,32,34). The van der Waals surface area contributed by atoms with Gasteiger partial charge in [-0.15, -0.1) is 0 Å². The van der Waals surface area contributed by atoms with E-state index < -0.39 is 37.8 Å². The summed E-state index contributed by atoms with van der Waals surface area (Å²) in [7, 11) is -8.06. The van der Waals surface area contributed by atoms with Crippen molar-refractivity contribution in [3.05, 3.63) is 103 Å². The van der Waals surface area contributed by atoms with Crippen LogP contribution in [-0.4, -0.2) is 46.6 Å². The number of amides is 2. The van der Waals surface area contributed by atoms with E-state index in [9.17, 15) is 26.4 Å². The first-order valence-electron chi connectivity index (χ1n) is 13.0. The molecule has 1 unspecified atom stereocenters. The first-order valence-corrected chi connectivity index (χ1v) is 16.0. The zero-order chi connectivity index (χ0) is 29.6. The lowest BCUT2D eigenvalue weighted by Gasteiger charge is -2.25. The summed E-state index contributed by atoms with van der Waals surface area (Å²) >= 11 is 0. The van der Waals surface area contributed by atoms with Gasteiger partial charge in [-0.2, -0.15) is 0 Å². The van der Waals surface area contributed by atoms with Crippen molar-refractivity contribution in [1.29, 1.82) is 0 Å². The number of carbonyl (C=O) groups excluding carboxylic acids is 2. The van der Waals surface area contributed by atoms with Crippen molar-refractivity contribution in [2.24, 2.45) is 5.92 Å². The molecule has 0 heterocycles. The van der Waals surface area contributed by atoms with Crippen LogP contribution >= 0.6 is 0 Å². The molecule has 0 bridgehead atoms. The summed E-state index contributed by atoms with van der Waals surface area (Å²) in [6, 6.07) is 25.9. The van der Waals surface area contributed by atoms with Crippen molar-refractivity contribution in [1.82, 2.24) is 9.62 Å². The Morgan fingerprint density at radius 3 is 1.95 bits per heavy atom. The van der Waals surface area contributed by atoms with Gasteiger partial charge in [0.25, 0.3) is 20.0 Å². The zero-order valence-corrected chi connectivity index (χ0v) is 24.3. The fourth-order valence-corrected chi connectivity index (χ4v) is 6.54. The molecule has 214 valence electrons. The minimum atomic E-state index is -4.26. The molecule has 0 saturated carbocycles. The van der Waals surface area contributed by atoms with Crippen molar-refractivity contribution in [2.75, 3.05) is 17.8 Å².